The van der Waals surface area contributed by atoms with Gasteiger partial charge in [-0.05, 0) is 52.9 Å². The van der Waals surface area contributed by atoms with Gasteiger partial charge in [-0.25, -0.2) is 0 Å². The number of carbonyl (C=O) groups excluding carboxylic acids is 1. The van der Waals surface area contributed by atoms with Gasteiger partial charge in [0.25, 0.3) is 0 Å². The summed E-state index contributed by atoms with van der Waals surface area (Å²) in [5, 5.41) is 9.01. The lowest BCUT2D eigenvalue weighted by Gasteiger charge is -2.31. The summed E-state index contributed by atoms with van der Waals surface area (Å²) in [6.45, 7) is 3.40. The van der Waals surface area contributed by atoms with Gasteiger partial charge < -0.3 is 4.90 Å². The molecular formula is C15H17BrN2OS. The number of amides is 1. The van der Waals surface area contributed by atoms with E-state index in [2.05, 4.69) is 22.0 Å². The molecule has 1 aromatic rings. The monoisotopic (exact) mass is 352 g/mol. The van der Waals surface area contributed by atoms with Crippen LogP contribution in [0.4, 0.5) is 0 Å². The average Bonchev–Trinajstić information content (AvgIpc) is 2.46. The van der Waals surface area contributed by atoms with Crippen LogP contribution in [-0.4, -0.2) is 29.6 Å². The summed E-state index contributed by atoms with van der Waals surface area (Å²) in [6.07, 6.45) is 2.16. The van der Waals surface area contributed by atoms with E-state index >= 15 is 0 Å². The molecule has 0 spiro atoms. The minimum Gasteiger partial charge on any atom is -0.343 e. The molecule has 20 heavy (non-hydrogen) atoms. The fraction of sp³-hybridized carbons (Fsp3) is 0.467. The number of benzene rings is 1. The molecule has 0 unspecified atom stereocenters. The quantitative estimate of drug-likeness (QED) is 0.779. The number of hydrogen-bond donors (Lipinski definition) is 0. The molecule has 5 heteroatoms. The van der Waals surface area contributed by atoms with Gasteiger partial charge in [0, 0.05) is 35.1 Å². The lowest BCUT2D eigenvalue weighted by Crippen LogP contribution is -2.37. The van der Waals surface area contributed by atoms with Gasteiger partial charge in [0.2, 0.25) is 5.91 Å². The van der Waals surface area contributed by atoms with Crippen LogP contribution < -0.4 is 0 Å². The molecule has 3 nitrogen and oxygen atoms in total. The van der Waals surface area contributed by atoms with E-state index < -0.39 is 0 Å². The van der Waals surface area contributed by atoms with Crippen LogP contribution in [0, 0.1) is 17.2 Å². The zero-order chi connectivity index (χ0) is 14.5. The average molecular weight is 353 g/mol. The lowest BCUT2D eigenvalue weighted by atomic mass is 9.99. The van der Waals surface area contributed by atoms with Gasteiger partial charge in [0.05, 0.1) is 5.56 Å². The van der Waals surface area contributed by atoms with Crippen molar-refractivity contribution in [2.45, 2.75) is 24.7 Å². The molecular weight excluding hydrogens is 336 g/mol. The number of carbonyl (C=O) groups is 1. The second-order valence-electron chi connectivity index (χ2n) is 5.01. The van der Waals surface area contributed by atoms with Crippen molar-refractivity contribution in [3.63, 3.8) is 0 Å². The highest BCUT2D eigenvalue weighted by Gasteiger charge is 2.20. The first-order chi connectivity index (χ1) is 9.60. The van der Waals surface area contributed by atoms with Crippen LogP contribution in [0.1, 0.15) is 25.3 Å². The Hall–Kier alpha value is -0.990. The Morgan fingerprint density at radius 1 is 1.50 bits per heavy atom. The molecule has 1 aliphatic heterocycles. The van der Waals surface area contributed by atoms with E-state index in [-0.39, 0.29) is 5.91 Å². The normalized spacial score (nSPS) is 15.9. The first kappa shape index (κ1) is 15.4. The molecule has 2 rings (SSSR count). The third-order valence-corrected chi connectivity index (χ3v) is 5.52. The number of thioether (sulfide) groups is 1. The van der Waals surface area contributed by atoms with Gasteiger partial charge in [-0.3, -0.25) is 4.79 Å². The first-order valence-electron chi connectivity index (χ1n) is 6.68. The van der Waals surface area contributed by atoms with Gasteiger partial charge in [-0.2, -0.15) is 5.26 Å². The van der Waals surface area contributed by atoms with Crippen molar-refractivity contribution in [3.8, 4) is 6.07 Å². The maximum atomic E-state index is 11.3. The van der Waals surface area contributed by atoms with Gasteiger partial charge in [0.1, 0.15) is 6.07 Å². The number of halogens is 1. The van der Waals surface area contributed by atoms with Crippen LogP contribution >= 0.6 is 27.7 Å². The van der Waals surface area contributed by atoms with E-state index in [1.165, 1.54) is 0 Å². The standard InChI is InChI=1S/C15H17BrN2OS/c1-11(19)18-6-4-12(5-7-18)10-20-14-2-3-15(16)13(8-14)9-17/h2-3,8,12H,4-7,10H2,1H3. The molecule has 0 aliphatic carbocycles. The van der Waals surface area contributed by atoms with Crippen molar-refractivity contribution in [2.24, 2.45) is 5.92 Å². The molecule has 1 amide bonds. The van der Waals surface area contributed by atoms with Crippen molar-refractivity contribution in [3.05, 3.63) is 28.2 Å². The molecule has 0 atom stereocenters. The summed E-state index contributed by atoms with van der Waals surface area (Å²) in [4.78, 5) is 14.3. The van der Waals surface area contributed by atoms with Crippen LogP contribution in [0.5, 0.6) is 0 Å². The summed E-state index contributed by atoms with van der Waals surface area (Å²) in [5.41, 5.74) is 0.682. The van der Waals surface area contributed by atoms with Crippen LogP contribution in [-0.2, 0) is 4.79 Å². The van der Waals surface area contributed by atoms with E-state index in [1.54, 1.807) is 18.7 Å². The van der Waals surface area contributed by atoms with Gasteiger partial charge in [0.15, 0.2) is 0 Å². The summed E-state index contributed by atoms with van der Waals surface area (Å²) < 4.78 is 0.846. The maximum Gasteiger partial charge on any atom is 0.219 e. The van der Waals surface area contributed by atoms with Gasteiger partial charge in [-0.15, -0.1) is 11.8 Å². The summed E-state index contributed by atoms with van der Waals surface area (Å²) in [7, 11) is 0. The molecule has 106 valence electrons. The number of nitriles is 1. The molecule has 1 saturated heterocycles. The summed E-state index contributed by atoms with van der Waals surface area (Å²) >= 11 is 5.17. The molecule has 1 aromatic carbocycles. The topological polar surface area (TPSA) is 44.1 Å². The van der Waals surface area contributed by atoms with Crippen LogP contribution in [0.25, 0.3) is 0 Å². The highest BCUT2D eigenvalue weighted by molar-refractivity contribution is 9.10. The van der Waals surface area contributed by atoms with Gasteiger partial charge >= 0.3 is 0 Å². The predicted molar refractivity (Wildman–Crippen MR) is 84.6 cm³/mol. The zero-order valence-corrected chi connectivity index (χ0v) is 13.8. The largest absolute Gasteiger partial charge is 0.343 e. The maximum absolute atomic E-state index is 11.3. The Kier molecular flexibility index (Phi) is 5.50. The van der Waals surface area contributed by atoms with Gasteiger partial charge in [-0.1, -0.05) is 0 Å². The second kappa shape index (κ2) is 7.14. The minimum absolute atomic E-state index is 0.183. The van der Waals surface area contributed by atoms with Crippen LogP contribution in [0.3, 0.4) is 0 Å². The highest BCUT2D eigenvalue weighted by atomic mass is 79.9. The van der Waals surface area contributed by atoms with E-state index in [9.17, 15) is 4.79 Å². The highest BCUT2D eigenvalue weighted by Crippen LogP contribution is 2.29. The van der Waals surface area contributed by atoms with Crippen molar-refractivity contribution < 1.29 is 4.79 Å². The molecule has 0 bridgehead atoms. The molecule has 0 aromatic heterocycles. The molecule has 1 fully saturated rings. The number of piperidine rings is 1. The summed E-state index contributed by atoms with van der Waals surface area (Å²) in [6, 6.07) is 8.09. The number of hydrogen-bond acceptors (Lipinski definition) is 3. The van der Waals surface area contributed by atoms with E-state index in [0.29, 0.717) is 11.5 Å². The third-order valence-electron chi connectivity index (χ3n) is 3.60. The Labute approximate surface area is 132 Å². The zero-order valence-electron chi connectivity index (χ0n) is 11.4. The van der Waals surface area contributed by atoms with Crippen molar-refractivity contribution in [1.82, 2.24) is 4.90 Å². The van der Waals surface area contributed by atoms with E-state index in [4.69, 9.17) is 5.26 Å². The molecule has 1 heterocycles. The van der Waals surface area contributed by atoms with Crippen LogP contribution in [0.15, 0.2) is 27.6 Å². The Bertz CT molecular complexity index is 533. The summed E-state index contributed by atoms with van der Waals surface area (Å²) in [5.74, 6) is 1.89. The predicted octanol–water partition coefficient (Wildman–Crippen LogP) is 3.67. The fourth-order valence-corrected chi connectivity index (χ4v) is 3.77. The Morgan fingerprint density at radius 2 is 2.20 bits per heavy atom. The smallest absolute Gasteiger partial charge is 0.219 e. The second-order valence-corrected chi connectivity index (χ2v) is 6.96. The van der Waals surface area contributed by atoms with Crippen molar-refractivity contribution in [1.29, 1.82) is 5.26 Å². The minimum atomic E-state index is 0.183. The number of likely N-dealkylation sites (tertiary alicyclic amines) is 1. The first-order valence-corrected chi connectivity index (χ1v) is 8.46. The SMILES string of the molecule is CC(=O)N1CCC(CSc2ccc(Br)c(C#N)c2)CC1. The van der Waals surface area contributed by atoms with Crippen LogP contribution in [0.2, 0.25) is 0 Å². The number of rotatable bonds is 3. The van der Waals surface area contributed by atoms with E-state index in [0.717, 1.165) is 41.1 Å². The van der Waals surface area contributed by atoms with E-state index in [1.807, 2.05) is 23.1 Å². The third kappa shape index (κ3) is 4.00. The van der Waals surface area contributed by atoms with Crippen molar-refractivity contribution in [2.75, 3.05) is 18.8 Å². The Morgan fingerprint density at radius 3 is 2.80 bits per heavy atom. The molecule has 0 radical (unpaired) electrons. The molecule has 1 aliphatic rings. The number of nitrogens with zero attached hydrogens (tertiary/aromatic N) is 2. The van der Waals surface area contributed by atoms with Crippen molar-refractivity contribution >= 4 is 33.6 Å². The molecule has 0 N–H and O–H groups in total. The fourth-order valence-electron chi connectivity index (χ4n) is 2.31. The Balaban J connectivity index is 1.85. The molecule has 0 saturated carbocycles. The lowest BCUT2D eigenvalue weighted by molar-refractivity contribution is -0.130.